The van der Waals surface area contributed by atoms with Crippen LogP contribution in [0.25, 0.3) is 10.9 Å². The second kappa shape index (κ2) is 8.16. The number of aromatic nitrogens is 1. The Kier molecular flexibility index (Phi) is 6.22. The minimum atomic E-state index is -0.173. The third kappa shape index (κ3) is 4.35. The Hall–Kier alpha value is -1.81. The molecule has 4 heteroatoms. The summed E-state index contributed by atoms with van der Waals surface area (Å²) in [4.78, 5) is 17.5. The van der Waals surface area contributed by atoms with Crippen molar-refractivity contribution >= 4 is 16.9 Å². The van der Waals surface area contributed by atoms with Gasteiger partial charge in [-0.3, -0.25) is 4.79 Å². The van der Waals surface area contributed by atoms with E-state index in [2.05, 4.69) is 36.7 Å². The number of aromatic amines is 1. The topological polar surface area (TPSA) is 45.3 Å². The zero-order valence-corrected chi connectivity index (χ0v) is 14.7. The number of benzene rings is 1. The summed E-state index contributed by atoms with van der Waals surface area (Å²) < 4.78 is 5.49. The Morgan fingerprint density at radius 3 is 2.74 bits per heavy atom. The molecule has 126 valence electrons. The number of ether oxygens (including phenoxy) is 1. The lowest BCUT2D eigenvalue weighted by atomic mass is 10.1. The van der Waals surface area contributed by atoms with Gasteiger partial charge >= 0.3 is 5.97 Å². The van der Waals surface area contributed by atoms with Gasteiger partial charge in [0.15, 0.2) is 5.75 Å². The van der Waals surface area contributed by atoms with Gasteiger partial charge in [-0.2, -0.15) is 0 Å². The average molecular weight is 316 g/mol. The van der Waals surface area contributed by atoms with E-state index >= 15 is 0 Å². The highest BCUT2D eigenvalue weighted by atomic mass is 16.5. The van der Waals surface area contributed by atoms with Crippen LogP contribution in [0.1, 0.15) is 46.1 Å². The van der Waals surface area contributed by atoms with Crippen LogP contribution < -0.4 is 4.74 Å². The van der Waals surface area contributed by atoms with Gasteiger partial charge in [-0.25, -0.2) is 0 Å². The Morgan fingerprint density at radius 2 is 2.09 bits per heavy atom. The molecule has 0 amide bonds. The van der Waals surface area contributed by atoms with Gasteiger partial charge in [0, 0.05) is 30.6 Å². The number of rotatable bonds is 8. The molecule has 0 saturated carbocycles. The van der Waals surface area contributed by atoms with Gasteiger partial charge in [-0.05, 0) is 44.9 Å². The summed E-state index contributed by atoms with van der Waals surface area (Å²) in [5.41, 5.74) is 2.19. The molecule has 23 heavy (non-hydrogen) atoms. The summed E-state index contributed by atoms with van der Waals surface area (Å²) in [5, 5.41) is 1.15. The standard InChI is InChI=1S/C19H28N2O2/c1-5-8-18(22)23-17-10-7-9-16-15(13-20-19(16)17)11-12-21(6-2)14(3)4/h7,9-10,13-14,20H,5-6,8,11-12H2,1-4H3. The zero-order chi connectivity index (χ0) is 16.8. The van der Waals surface area contributed by atoms with Crippen molar-refractivity contribution in [1.82, 2.24) is 9.88 Å². The molecule has 0 spiro atoms. The highest BCUT2D eigenvalue weighted by molar-refractivity contribution is 5.90. The lowest BCUT2D eigenvalue weighted by Gasteiger charge is -2.24. The molecule has 4 nitrogen and oxygen atoms in total. The van der Waals surface area contributed by atoms with Crippen molar-refractivity contribution in [2.45, 2.75) is 53.0 Å². The molecule has 0 aliphatic carbocycles. The van der Waals surface area contributed by atoms with E-state index in [1.807, 2.05) is 25.3 Å². The number of carbonyl (C=O) groups is 1. The van der Waals surface area contributed by atoms with Crippen LogP contribution in [-0.4, -0.2) is 35.0 Å². The number of nitrogens with one attached hydrogen (secondary N) is 1. The predicted molar refractivity (Wildman–Crippen MR) is 94.9 cm³/mol. The van der Waals surface area contributed by atoms with Gasteiger partial charge in [-0.1, -0.05) is 26.0 Å². The van der Waals surface area contributed by atoms with E-state index in [0.29, 0.717) is 18.2 Å². The van der Waals surface area contributed by atoms with Crippen molar-refractivity contribution in [3.63, 3.8) is 0 Å². The summed E-state index contributed by atoms with van der Waals surface area (Å²) in [7, 11) is 0. The second-order valence-corrected chi connectivity index (χ2v) is 6.19. The van der Waals surface area contributed by atoms with Gasteiger partial charge in [-0.15, -0.1) is 0 Å². The maximum absolute atomic E-state index is 11.7. The van der Waals surface area contributed by atoms with Crippen LogP contribution in [0.4, 0.5) is 0 Å². The number of nitrogens with zero attached hydrogens (tertiary/aromatic N) is 1. The van der Waals surface area contributed by atoms with Gasteiger partial charge in [0.05, 0.1) is 5.52 Å². The van der Waals surface area contributed by atoms with Gasteiger partial charge in [0.1, 0.15) is 0 Å². The third-order valence-electron chi connectivity index (χ3n) is 4.25. The van der Waals surface area contributed by atoms with E-state index in [-0.39, 0.29) is 5.97 Å². The first kappa shape index (κ1) is 17.5. The van der Waals surface area contributed by atoms with Crippen LogP contribution in [-0.2, 0) is 11.2 Å². The number of likely N-dealkylation sites (N-methyl/N-ethyl adjacent to an activating group) is 1. The van der Waals surface area contributed by atoms with Crippen molar-refractivity contribution in [2.75, 3.05) is 13.1 Å². The molecule has 0 radical (unpaired) electrons. The largest absolute Gasteiger partial charge is 0.424 e. The van der Waals surface area contributed by atoms with Crippen molar-refractivity contribution < 1.29 is 9.53 Å². The molecule has 0 saturated heterocycles. The van der Waals surface area contributed by atoms with Crippen molar-refractivity contribution in [3.05, 3.63) is 30.0 Å². The molecule has 0 bridgehead atoms. The van der Waals surface area contributed by atoms with Crippen molar-refractivity contribution in [3.8, 4) is 5.75 Å². The summed E-state index contributed by atoms with van der Waals surface area (Å²) in [5.74, 6) is 0.455. The monoisotopic (exact) mass is 316 g/mol. The first-order chi connectivity index (χ1) is 11.1. The predicted octanol–water partition coefficient (Wildman–Crippen LogP) is 4.15. The van der Waals surface area contributed by atoms with Crippen LogP contribution in [0.3, 0.4) is 0 Å². The summed E-state index contributed by atoms with van der Waals surface area (Å²) in [6.45, 7) is 10.7. The summed E-state index contributed by atoms with van der Waals surface area (Å²) in [6.07, 6.45) is 4.27. The number of carbonyl (C=O) groups excluding carboxylic acids is 1. The fourth-order valence-corrected chi connectivity index (χ4v) is 2.90. The first-order valence-corrected chi connectivity index (χ1v) is 8.60. The molecular formula is C19H28N2O2. The highest BCUT2D eigenvalue weighted by Crippen LogP contribution is 2.28. The Morgan fingerprint density at radius 1 is 1.30 bits per heavy atom. The quantitative estimate of drug-likeness (QED) is 0.588. The highest BCUT2D eigenvalue weighted by Gasteiger charge is 2.13. The molecule has 1 N–H and O–H groups in total. The van der Waals surface area contributed by atoms with E-state index in [9.17, 15) is 4.79 Å². The van der Waals surface area contributed by atoms with Crippen LogP contribution in [0.15, 0.2) is 24.4 Å². The lowest BCUT2D eigenvalue weighted by molar-refractivity contribution is -0.134. The van der Waals surface area contributed by atoms with Crippen molar-refractivity contribution in [2.24, 2.45) is 0 Å². The minimum Gasteiger partial charge on any atom is -0.424 e. The van der Waals surface area contributed by atoms with Crippen LogP contribution in [0.2, 0.25) is 0 Å². The molecule has 0 aliphatic rings. The molecule has 0 aliphatic heterocycles. The van der Waals surface area contributed by atoms with Gasteiger partial charge in [0.25, 0.3) is 0 Å². The number of H-pyrrole nitrogens is 1. The van der Waals surface area contributed by atoms with Crippen LogP contribution >= 0.6 is 0 Å². The van der Waals surface area contributed by atoms with E-state index in [1.165, 1.54) is 5.56 Å². The fourth-order valence-electron chi connectivity index (χ4n) is 2.90. The molecule has 0 fully saturated rings. The van der Waals surface area contributed by atoms with Crippen LogP contribution in [0, 0.1) is 0 Å². The molecule has 0 atom stereocenters. The molecule has 1 aromatic heterocycles. The average Bonchev–Trinajstić information content (AvgIpc) is 2.92. The first-order valence-electron chi connectivity index (χ1n) is 8.60. The normalized spacial score (nSPS) is 11.6. The Bertz CT molecular complexity index is 646. The maximum atomic E-state index is 11.7. The zero-order valence-electron chi connectivity index (χ0n) is 14.7. The van der Waals surface area contributed by atoms with E-state index < -0.39 is 0 Å². The van der Waals surface area contributed by atoms with Gasteiger partial charge < -0.3 is 14.6 Å². The number of fused-ring (bicyclic) bond motifs is 1. The molecule has 1 aromatic carbocycles. The third-order valence-corrected chi connectivity index (χ3v) is 4.25. The lowest BCUT2D eigenvalue weighted by Crippen LogP contribution is -2.32. The molecule has 2 aromatic rings. The SMILES string of the molecule is CCCC(=O)Oc1cccc2c(CCN(CC)C(C)C)c[nH]c12. The van der Waals surface area contributed by atoms with Crippen LogP contribution in [0.5, 0.6) is 5.75 Å². The molecule has 0 unspecified atom stereocenters. The van der Waals surface area contributed by atoms with Gasteiger partial charge in [0.2, 0.25) is 0 Å². The number of hydrogen-bond acceptors (Lipinski definition) is 3. The number of para-hydroxylation sites is 1. The Labute approximate surface area is 138 Å². The van der Waals surface area contributed by atoms with E-state index in [1.54, 1.807) is 0 Å². The molecule has 2 rings (SSSR count). The smallest absolute Gasteiger partial charge is 0.311 e. The number of hydrogen-bond donors (Lipinski definition) is 1. The molecule has 1 heterocycles. The number of esters is 1. The molecular weight excluding hydrogens is 288 g/mol. The Balaban J connectivity index is 2.16. The van der Waals surface area contributed by atoms with E-state index in [0.717, 1.165) is 36.8 Å². The van der Waals surface area contributed by atoms with Crippen molar-refractivity contribution in [1.29, 1.82) is 0 Å². The minimum absolute atomic E-state index is 0.173. The van der Waals surface area contributed by atoms with E-state index in [4.69, 9.17) is 4.74 Å². The summed E-state index contributed by atoms with van der Waals surface area (Å²) in [6, 6.07) is 6.44. The second-order valence-electron chi connectivity index (χ2n) is 6.19. The summed E-state index contributed by atoms with van der Waals surface area (Å²) >= 11 is 0. The maximum Gasteiger partial charge on any atom is 0.311 e. The fraction of sp³-hybridized carbons (Fsp3) is 0.526.